The van der Waals surface area contributed by atoms with Gasteiger partial charge in [0.1, 0.15) is 0 Å². The van der Waals surface area contributed by atoms with Gasteiger partial charge in [0.15, 0.2) is 11.6 Å². The van der Waals surface area contributed by atoms with E-state index in [1.807, 2.05) is 24.3 Å². The van der Waals surface area contributed by atoms with Crippen molar-refractivity contribution in [3.05, 3.63) is 188 Å². The molecule has 0 unspecified atom stereocenters. The van der Waals surface area contributed by atoms with Crippen LogP contribution in [0.5, 0.6) is 0 Å². The molecule has 0 fully saturated rings. The normalized spacial score (nSPS) is 11.9. The van der Waals surface area contributed by atoms with Crippen LogP contribution in [0.25, 0.3) is 111 Å². The first-order valence-electron chi connectivity index (χ1n) is 19.0. The molecule has 0 radical (unpaired) electrons. The minimum Gasteiger partial charge on any atom is -0.309 e. The van der Waals surface area contributed by atoms with Gasteiger partial charge in [-0.15, -0.1) is 0 Å². The fourth-order valence-corrected chi connectivity index (χ4v) is 8.92. The Labute approximate surface area is 321 Å². The van der Waals surface area contributed by atoms with Gasteiger partial charge in [-0.1, -0.05) is 152 Å². The zero-order chi connectivity index (χ0) is 36.7. The van der Waals surface area contributed by atoms with E-state index in [4.69, 9.17) is 15.0 Å². The van der Waals surface area contributed by atoms with Crippen LogP contribution < -0.4 is 0 Å². The molecule has 0 spiro atoms. The number of rotatable bonds is 5. The van der Waals surface area contributed by atoms with Gasteiger partial charge in [-0.25, -0.2) is 4.98 Å². The molecule has 0 aliphatic heterocycles. The zero-order valence-corrected chi connectivity index (χ0v) is 30.1. The predicted molar refractivity (Wildman–Crippen MR) is 231 cm³/mol. The maximum atomic E-state index is 5.32. The summed E-state index contributed by atoms with van der Waals surface area (Å²) in [4.78, 5) is 15.7. The van der Waals surface area contributed by atoms with Crippen LogP contribution in [0, 0.1) is 0 Å². The Morgan fingerprint density at radius 2 is 0.679 bits per heavy atom. The standard InChI is InChI=1S/C51H31N5/c1-4-14-32(15-5-1)33-26-28-35(29-27-33)50-52-49(34-16-6-2-7-17-34)53-51(54-50)56-42-25-13-23-40-38-21-11-10-20-37(38)39-22-12-24-41-45(39)47-43(30-31-44(56)48(47)46(40)42)55(41)36-18-8-3-9-19-36/h1-31H. The maximum absolute atomic E-state index is 5.32. The minimum atomic E-state index is 0.581. The van der Waals surface area contributed by atoms with Gasteiger partial charge in [0.05, 0.1) is 22.1 Å². The van der Waals surface area contributed by atoms with Gasteiger partial charge >= 0.3 is 0 Å². The number of hydrogen-bond donors (Lipinski definition) is 0. The SMILES string of the molecule is c1ccc(-c2ccc(-c3nc(-c4ccccc4)nc(-n4c5cccc6c7ccccc7c7cccc8c7c7c(c65)c4ccc7n8-c4ccccc4)n3)cc2)cc1. The van der Waals surface area contributed by atoms with Crippen LogP contribution in [0.3, 0.4) is 0 Å². The molecule has 5 nitrogen and oxygen atoms in total. The highest BCUT2D eigenvalue weighted by Gasteiger charge is 2.25. The lowest BCUT2D eigenvalue weighted by molar-refractivity contribution is 0.954. The number of benzene rings is 8. The van der Waals surface area contributed by atoms with Crippen molar-refractivity contribution in [2.45, 2.75) is 0 Å². The zero-order valence-electron chi connectivity index (χ0n) is 30.1. The van der Waals surface area contributed by atoms with Gasteiger partial charge < -0.3 is 4.57 Å². The first-order valence-corrected chi connectivity index (χ1v) is 19.0. The van der Waals surface area contributed by atoms with E-state index in [2.05, 4.69) is 173 Å². The van der Waals surface area contributed by atoms with Crippen molar-refractivity contribution in [3.8, 4) is 45.5 Å². The summed E-state index contributed by atoms with van der Waals surface area (Å²) in [6.45, 7) is 0. The summed E-state index contributed by atoms with van der Waals surface area (Å²) in [7, 11) is 0. The second kappa shape index (κ2) is 11.9. The highest BCUT2D eigenvalue weighted by molar-refractivity contribution is 6.39. The summed E-state index contributed by atoms with van der Waals surface area (Å²) in [5, 5.41) is 9.73. The van der Waals surface area contributed by atoms with Gasteiger partial charge in [0.2, 0.25) is 5.95 Å². The number of hydrogen-bond acceptors (Lipinski definition) is 3. The summed E-state index contributed by atoms with van der Waals surface area (Å²) in [5.41, 5.74) is 9.76. The molecule has 0 aliphatic carbocycles. The van der Waals surface area contributed by atoms with Crippen LogP contribution >= 0.6 is 0 Å². The molecule has 12 aromatic rings. The van der Waals surface area contributed by atoms with Gasteiger partial charge in [0.25, 0.3) is 0 Å². The van der Waals surface area contributed by atoms with Gasteiger partial charge in [-0.2, -0.15) is 9.97 Å². The predicted octanol–water partition coefficient (Wildman–Crippen LogP) is 12.8. The van der Waals surface area contributed by atoms with Crippen molar-refractivity contribution in [1.82, 2.24) is 24.1 Å². The fraction of sp³-hybridized carbons (Fsp3) is 0. The highest BCUT2D eigenvalue weighted by atomic mass is 15.2. The maximum Gasteiger partial charge on any atom is 0.238 e. The Bertz CT molecular complexity index is 3440. The average Bonchev–Trinajstić information content (AvgIpc) is 3.80. The van der Waals surface area contributed by atoms with Gasteiger partial charge in [-0.05, 0) is 69.1 Å². The van der Waals surface area contributed by atoms with Crippen LogP contribution in [0.1, 0.15) is 0 Å². The number of nitrogens with zero attached hydrogens (tertiary/aromatic N) is 5. The molecule has 3 heterocycles. The van der Waals surface area contributed by atoms with Crippen LogP contribution in [-0.2, 0) is 0 Å². The molecule has 0 saturated heterocycles. The molecule has 5 heteroatoms. The molecule has 0 aliphatic rings. The summed E-state index contributed by atoms with van der Waals surface area (Å²) in [6, 6.07) is 66.6. The van der Waals surface area contributed by atoms with E-state index in [9.17, 15) is 0 Å². The summed E-state index contributed by atoms with van der Waals surface area (Å²) >= 11 is 0. The molecule has 0 N–H and O–H groups in total. The Morgan fingerprint density at radius 1 is 0.268 bits per heavy atom. The van der Waals surface area contributed by atoms with Gasteiger partial charge in [-0.3, -0.25) is 4.57 Å². The quantitative estimate of drug-likeness (QED) is 0.178. The number of aromatic nitrogens is 5. The Morgan fingerprint density at radius 3 is 1.27 bits per heavy atom. The van der Waals surface area contributed by atoms with Crippen LogP contribution in [0.4, 0.5) is 0 Å². The van der Waals surface area contributed by atoms with Crippen molar-refractivity contribution in [3.63, 3.8) is 0 Å². The average molecular weight is 714 g/mol. The third-order valence-electron chi connectivity index (χ3n) is 11.3. The molecular weight excluding hydrogens is 683 g/mol. The van der Waals surface area contributed by atoms with E-state index in [0.717, 1.165) is 33.4 Å². The third kappa shape index (κ3) is 4.46. The summed E-state index contributed by atoms with van der Waals surface area (Å²) < 4.78 is 4.67. The topological polar surface area (TPSA) is 48.5 Å². The molecule has 260 valence electrons. The van der Waals surface area contributed by atoms with E-state index in [1.165, 1.54) is 59.7 Å². The van der Waals surface area contributed by atoms with Gasteiger partial charge in [0, 0.05) is 38.4 Å². The largest absolute Gasteiger partial charge is 0.309 e. The second-order valence-electron chi connectivity index (χ2n) is 14.4. The second-order valence-corrected chi connectivity index (χ2v) is 14.4. The Balaban J connectivity index is 1.22. The van der Waals surface area contributed by atoms with E-state index in [1.54, 1.807) is 0 Å². The van der Waals surface area contributed by atoms with E-state index in [-0.39, 0.29) is 0 Å². The summed E-state index contributed by atoms with van der Waals surface area (Å²) in [6.07, 6.45) is 0. The molecule has 12 rings (SSSR count). The van der Waals surface area contributed by atoms with Crippen LogP contribution in [0.15, 0.2) is 188 Å². The molecule has 0 bridgehead atoms. The molecule has 0 atom stereocenters. The number of fused-ring (bicyclic) bond motifs is 3. The van der Waals surface area contributed by atoms with Crippen molar-refractivity contribution < 1.29 is 0 Å². The molecule has 9 aromatic carbocycles. The Hall–Kier alpha value is -7.63. The fourth-order valence-electron chi connectivity index (χ4n) is 8.92. The van der Waals surface area contributed by atoms with E-state index in [0.29, 0.717) is 17.6 Å². The molecule has 3 aromatic heterocycles. The lowest BCUT2D eigenvalue weighted by Gasteiger charge is -2.11. The molecular formula is C51H31N5. The molecule has 0 saturated carbocycles. The van der Waals surface area contributed by atoms with Crippen molar-refractivity contribution in [2.75, 3.05) is 0 Å². The van der Waals surface area contributed by atoms with Crippen LogP contribution in [-0.4, -0.2) is 24.1 Å². The molecule has 56 heavy (non-hydrogen) atoms. The highest BCUT2D eigenvalue weighted by Crippen LogP contribution is 2.47. The smallest absolute Gasteiger partial charge is 0.238 e. The first kappa shape index (κ1) is 30.8. The van der Waals surface area contributed by atoms with E-state index >= 15 is 0 Å². The van der Waals surface area contributed by atoms with Crippen molar-refractivity contribution >= 4 is 65.2 Å². The number of para-hydroxylation sites is 1. The monoisotopic (exact) mass is 713 g/mol. The summed E-state index contributed by atoms with van der Waals surface area (Å²) in [5.74, 6) is 1.83. The Kier molecular flexibility index (Phi) is 6.56. The lowest BCUT2D eigenvalue weighted by Crippen LogP contribution is -2.06. The first-order chi connectivity index (χ1) is 27.8. The van der Waals surface area contributed by atoms with Crippen molar-refractivity contribution in [1.29, 1.82) is 0 Å². The van der Waals surface area contributed by atoms with Crippen LogP contribution in [0.2, 0.25) is 0 Å². The molecule has 0 amide bonds. The lowest BCUT2D eigenvalue weighted by atomic mass is 9.95. The third-order valence-corrected chi connectivity index (χ3v) is 11.3. The minimum absolute atomic E-state index is 0.581. The van der Waals surface area contributed by atoms with E-state index < -0.39 is 0 Å². The van der Waals surface area contributed by atoms with Crippen molar-refractivity contribution in [2.24, 2.45) is 0 Å².